The number of H-pyrrole nitrogens is 1. The van der Waals surface area contributed by atoms with Crippen LogP contribution in [0.25, 0.3) is 11.0 Å². The average molecular weight is 392 g/mol. The zero-order valence-corrected chi connectivity index (χ0v) is 16.0. The second-order valence-electron chi connectivity index (χ2n) is 6.29. The normalized spacial score (nSPS) is 11.0. The Labute approximate surface area is 166 Å². The Balaban J connectivity index is 1.22. The summed E-state index contributed by atoms with van der Waals surface area (Å²) < 4.78 is 0. The van der Waals surface area contributed by atoms with Gasteiger partial charge in [-0.15, -0.1) is 11.3 Å². The number of hydrogen-bond acceptors (Lipinski definition) is 6. The number of para-hydroxylation sites is 2. The highest BCUT2D eigenvalue weighted by molar-refractivity contribution is 7.09. The van der Waals surface area contributed by atoms with E-state index in [4.69, 9.17) is 0 Å². The van der Waals surface area contributed by atoms with Crippen molar-refractivity contribution in [2.75, 3.05) is 6.54 Å². The van der Waals surface area contributed by atoms with Crippen molar-refractivity contribution in [3.05, 3.63) is 76.3 Å². The third-order valence-corrected chi connectivity index (χ3v) is 5.14. The smallest absolute Gasteiger partial charge is 0.271 e. The molecule has 0 aliphatic carbocycles. The van der Waals surface area contributed by atoms with E-state index in [9.17, 15) is 4.79 Å². The maximum atomic E-state index is 12.2. The van der Waals surface area contributed by atoms with E-state index in [-0.39, 0.29) is 5.91 Å². The molecule has 0 unspecified atom stereocenters. The fraction of sp³-hybridized carbons (Fsp3) is 0.200. The van der Waals surface area contributed by atoms with Crippen LogP contribution >= 0.6 is 11.3 Å². The summed E-state index contributed by atoms with van der Waals surface area (Å²) in [6.07, 6.45) is 4.18. The van der Waals surface area contributed by atoms with Gasteiger partial charge in [0.05, 0.1) is 22.6 Å². The van der Waals surface area contributed by atoms with Crippen LogP contribution in [0.15, 0.2) is 54.2 Å². The minimum atomic E-state index is -0.158. The van der Waals surface area contributed by atoms with E-state index >= 15 is 0 Å². The van der Waals surface area contributed by atoms with Gasteiger partial charge < -0.3 is 15.6 Å². The molecule has 1 aromatic carbocycles. The predicted octanol–water partition coefficient (Wildman–Crippen LogP) is 2.68. The lowest BCUT2D eigenvalue weighted by molar-refractivity contribution is 0.0946. The Morgan fingerprint density at radius 2 is 1.93 bits per heavy atom. The van der Waals surface area contributed by atoms with Crippen LogP contribution < -0.4 is 10.6 Å². The molecule has 0 atom stereocenters. The topological polar surface area (TPSA) is 95.6 Å². The van der Waals surface area contributed by atoms with Crippen LogP contribution in [0, 0.1) is 0 Å². The number of rotatable bonds is 8. The number of amides is 1. The van der Waals surface area contributed by atoms with E-state index in [1.54, 1.807) is 17.8 Å². The lowest BCUT2D eigenvalue weighted by atomic mass is 10.2. The summed E-state index contributed by atoms with van der Waals surface area (Å²) in [5.74, 6) is 0.756. The molecule has 0 saturated heterocycles. The van der Waals surface area contributed by atoms with Gasteiger partial charge in [0.25, 0.3) is 5.91 Å². The number of imidazole rings is 1. The van der Waals surface area contributed by atoms with Crippen LogP contribution in [0.5, 0.6) is 0 Å². The third kappa shape index (κ3) is 4.59. The average Bonchev–Trinajstić information content (AvgIpc) is 3.37. The number of fused-ring (bicyclic) bond motifs is 1. The number of nitrogens with zero attached hydrogens (tertiary/aromatic N) is 3. The van der Waals surface area contributed by atoms with Crippen molar-refractivity contribution in [3.63, 3.8) is 0 Å². The van der Waals surface area contributed by atoms with Crippen LogP contribution in [-0.2, 0) is 19.5 Å². The van der Waals surface area contributed by atoms with Crippen LogP contribution in [0.3, 0.4) is 0 Å². The Morgan fingerprint density at radius 3 is 2.79 bits per heavy atom. The molecule has 142 valence electrons. The van der Waals surface area contributed by atoms with Gasteiger partial charge in [-0.1, -0.05) is 12.1 Å². The van der Waals surface area contributed by atoms with Crippen molar-refractivity contribution in [1.29, 1.82) is 0 Å². The van der Waals surface area contributed by atoms with E-state index in [1.165, 1.54) is 11.3 Å². The second kappa shape index (κ2) is 8.73. The van der Waals surface area contributed by atoms with Gasteiger partial charge in [0, 0.05) is 37.3 Å². The first kappa shape index (κ1) is 18.3. The zero-order chi connectivity index (χ0) is 19.2. The highest BCUT2D eigenvalue weighted by Gasteiger charge is 2.10. The summed E-state index contributed by atoms with van der Waals surface area (Å²) >= 11 is 1.50. The summed E-state index contributed by atoms with van der Waals surface area (Å²) in [5, 5.41) is 8.98. The number of hydrogen-bond donors (Lipinski definition) is 3. The number of aromatic nitrogens is 4. The number of carbonyl (C=O) groups is 1. The molecule has 8 heteroatoms. The SMILES string of the molecule is O=C(NCc1ccncc1)c1csc(CCNCc2nc3ccccc3[nH]2)n1. The number of nitrogens with one attached hydrogen (secondary N) is 3. The highest BCUT2D eigenvalue weighted by Crippen LogP contribution is 2.12. The number of pyridine rings is 1. The van der Waals surface area contributed by atoms with Crippen LogP contribution in [0.1, 0.15) is 26.9 Å². The maximum absolute atomic E-state index is 12.2. The van der Waals surface area contributed by atoms with Crippen molar-refractivity contribution in [1.82, 2.24) is 30.6 Å². The lowest BCUT2D eigenvalue weighted by Crippen LogP contribution is -2.23. The van der Waals surface area contributed by atoms with E-state index in [0.29, 0.717) is 18.8 Å². The van der Waals surface area contributed by atoms with E-state index in [1.807, 2.05) is 36.4 Å². The van der Waals surface area contributed by atoms with Crippen LogP contribution in [-0.4, -0.2) is 32.4 Å². The first-order valence-corrected chi connectivity index (χ1v) is 9.92. The minimum Gasteiger partial charge on any atom is -0.347 e. The Kier molecular flexibility index (Phi) is 5.69. The predicted molar refractivity (Wildman–Crippen MR) is 109 cm³/mol. The van der Waals surface area contributed by atoms with Crippen molar-refractivity contribution in [2.24, 2.45) is 0 Å². The van der Waals surface area contributed by atoms with Gasteiger partial charge in [0.1, 0.15) is 11.5 Å². The van der Waals surface area contributed by atoms with Crippen molar-refractivity contribution >= 4 is 28.3 Å². The molecule has 1 amide bonds. The van der Waals surface area contributed by atoms with Gasteiger partial charge >= 0.3 is 0 Å². The van der Waals surface area contributed by atoms with Crippen LogP contribution in [0.2, 0.25) is 0 Å². The molecule has 3 aromatic heterocycles. The van der Waals surface area contributed by atoms with E-state index in [0.717, 1.165) is 40.4 Å². The Morgan fingerprint density at radius 1 is 1.07 bits per heavy atom. The number of carbonyl (C=O) groups excluding carboxylic acids is 1. The highest BCUT2D eigenvalue weighted by atomic mass is 32.1. The van der Waals surface area contributed by atoms with Crippen LogP contribution in [0.4, 0.5) is 0 Å². The fourth-order valence-electron chi connectivity index (χ4n) is 2.80. The van der Waals surface area contributed by atoms with Gasteiger partial charge in [-0.3, -0.25) is 9.78 Å². The molecule has 0 spiro atoms. The van der Waals surface area contributed by atoms with Crippen molar-refractivity contribution in [2.45, 2.75) is 19.5 Å². The number of benzene rings is 1. The molecule has 4 rings (SSSR count). The minimum absolute atomic E-state index is 0.158. The summed E-state index contributed by atoms with van der Waals surface area (Å²) in [6.45, 7) is 1.90. The Bertz CT molecular complexity index is 1030. The van der Waals surface area contributed by atoms with Gasteiger partial charge in [0.15, 0.2) is 0 Å². The van der Waals surface area contributed by atoms with E-state index in [2.05, 4.69) is 30.6 Å². The molecule has 0 fully saturated rings. The first-order valence-electron chi connectivity index (χ1n) is 9.04. The molecule has 0 aliphatic rings. The van der Waals surface area contributed by atoms with Gasteiger partial charge in [-0.2, -0.15) is 0 Å². The lowest BCUT2D eigenvalue weighted by Gasteiger charge is -2.03. The third-order valence-electron chi connectivity index (χ3n) is 4.23. The summed E-state index contributed by atoms with van der Waals surface area (Å²) in [7, 11) is 0. The van der Waals surface area contributed by atoms with Crippen molar-refractivity contribution in [3.8, 4) is 0 Å². The largest absolute Gasteiger partial charge is 0.347 e. The van der Waals surface area contributed by atoms with E-state index < -0.39 is 0 Å². The molecule has 0 radical (unpaired) electrons. The Hall–Kier alpha value is -3.10. The first-order chi connectivity index (χ1) is 13.8. The summed E-state index contributed by atoms with van der Waals surface area (Å²) in [4.78, 5) is 28.5. The maximum Gasteiger partial charge on any atom is 0.271 e. The molecular weight excluding hydrogens is 372 g/mol. The standard InChI is InChI=1S/C20H20N6OS/c27-20(23-11-14-5-8-21-9-6-14)17-13-28-19(26-17)7-10-22-12-18-24-15-3-1-2-4-16(15)25-18/h1-6,8-9,13,22H,7,10-12H2,(H,23,27)(H,24,25). The quantitative estimate of drug-likeness (QED) is 0.401. The molecule has 0 aliphatic heterocycles. The molecule has 0 bridgehead atoms. The molecule has 4 aromatic rings. The molecule has 28 heavy (non-hydrogen) atoms. The van der Waals surface area contributed by atoms with Gasteiger partial charge in [0.2, 0.25) is 0 Å². The number of aromatic amines is 1. The molecule has 3 heterocycles. The zero-order valence-electron chi connectivity index (χ0n) is 15.2. The number of thiazole rings is 1. The molecule has 3 N–H and O–H groups in total. The fourth-order valence-corrected chi connectivity index (χ4v) is 3.57. The molecular formula is C20H20N6OS. The molecule has 7 nitrogen and oxygen atoms in total. The van der Waals surface area contributed by atoms with Gasteiger partial charge in [-0.25, -0.2) is 9.97 Å². The summed E-state index contributed by atoms with van der Waals surface area (Å²) in [5.41, 5.74) is 3.49. The monoisotopic (exact) mass is 392 g/mol. The van der Waals surface area contributed by atoms with Gasteiger partial charge in [-0.05, 0) is 29.8 Å². The summed E-state index contributed by atoms with van der Waals surface area (Å²) in [6, 6.07) is 11.7. The van der Waals surface area contributed by atoms with Crippen molar-refractivity contribution < 1.29 is 4.79 Å². The second-order valence-corrected chi connectivity index (χ2v) is 7.23. The molecule has 0 saturated carbocycles.